The van der Waals surface area contributed by atoms with Crippen LogP contribution in [-0.4, -0.2) is 14.5 Å². The summed E-state index contributed by atoms with van der Waals surface area (Å²) in [6.45, 7) is 2.08. The van der Waals surface area contributed by atoms with Gasteiger partial charge in [0.2, 0.25) is 0 Å². The minimum atomic E-state index is 0.0749. The standard InChI is InChI=1S/C15H15ClN4/c1-10(18-11-7-8-17-14(16)9-11)15-19-12-5-3-4-6-13(12)20(15)2/h3-10H,1-2H3,(H,17,18). The highest BCUT2D eigenvalue weighted by molar-refractivity contribution is 6.29. The van der Waals surface area contributed by atoms with Gasteiger partial charge >= 0.3 is 0 Å². The zero-order valence-electron chi connectivity index (χ0n) is 11.3. The third-order valence-corrected chi connectivity index (χ3v) is 3.53. The lowest BCUT2D eigenvalue weighted by molar-refractivity contribution is 0.733. The van der Waals surface area contributed by atoms with E-state index in [9.17, 15) is 0 Å². The van der Waals surface area contributed by atoms with Gasteiger partial charge < -0.3 is 9.88 Å². The van der Waals surface area contributed by atoms with Crippen molar-refractivity contribution in [1.29, 1.82) is 0 Å². The number of fused-ring (bicyclic) bond motifs is 1. The average Bonchev–Trinajstić information content (AvgIpc) is 2.77. The van der Waals surface area contributed by atoms with Crippen molar-refractivity contribution in [2.75, 3.05) is 5.32 Å². The lowest BCUT2D eigenvalue weighted by atomic mass is 10.3. The summed E-state index contributed by atoms with van der Waals surface area (Å²) in [5.74, 6) is 0.985. The lowest BCUT2D eigenvalue weighted by Crippen LogP contribution is -2.12. The van der Waals surface area contributed by atoms with E-state index in [1.165, 1.54) is 0 Å². The summed E-state index contributed by atoms with van der Waals surface area (Å²) in [7, 11) is 2.03. The van der Waals surface area contributed by atoms with Gasteiger partial charge in [0.25, 0.3) is 0 Å². The highest BCUT2D eigenvalue weighted by Gasteiger charge is 2.14. The van der Waals surface area contributed by atoms with Gasteiger partial charge in [-0.2, -0.15) is 0 Å². The Kier molecular flexibility index (Phi) is 3.32. The van der Waals surface area contributed by atoms with Gasteiger partial charge in [0.1, 0.15) is 11.0 Å². The molecule has 1 unspecified atom stereocenters. The fourth-order valence-corrected chi connectivity index (χ4v) is 2.53. The monoisotopic (exact) mass is 286 g/mol. The van der Waals surface area contributed by atoms with Crippen LogP contribution in [0.25, 0.3) is 11.0 Å². The van der Waals surface area contributed by atoms with Crippen LogP contribution in [0.15, 0.2) is 42.6 Å². The van der Waals surface area contributed by atoms with E-state index in [-0.39, 0.29) is 6.04 Å². The van der Waals surface area contributed by atoms with Crippen LogP contribution in [0.1, 0.15) is 18.8 Å². The first-order chi connectivity index (χ1) is 9.65. The summed E-state index contributed by atoms with van der Waals surface area (Å²) in [6.07, 6.45) is 1.69. The maximum absolute atomic E-state index is 5.90. The minimum absolute atomic E-state index is 0.0749. The van der Waals surface area contributed by atoms with Gasteiger partial charge in [-0.25, -0.2) is 9.97 Å². The highest BCUT2D eigenvalue weighted by atomic mass is 35.5. The van der Waals surface area contributed by atoms with Crippen molar-refractivity contribution in [3.05, 3.63) is 53.6 Å². The molecule has 2 heterocycles. The number of para-hydroxylation sites is 2. The Labute approximate surface area is 122 Å². The smallest absolute Gasteiger partial charge is 0.131 e. The average molecular weight is 287 g/mol. The summed E-state index contributed by atoms with van der Waals surface area (Å²) in [5, 5.41) is 3.87. The molecule has 0 bridgehead atoms. The molecule has 3 aromatic rings. The van der Waals surface area contributed by atoms with Gasteiger partial charge in [-0.3, -0.25) is 0 Å². The number of rotatable bonds is 3. The van der Waals surface area contributed by atoms with Crippen LogP contribution in [0.5, 0.6) is 0 Å². The SMILES string of the molecule is CC(Nc1ccnc(Cl)c1)c1nc2ccccc2n1C. The summed E-state index contributed by atoms with van der Waals surface area (Å²) >= 11 is 5.90. The molecule has 5 heteroatoms. The number of hydrogen-bond donors (Lipinski definition) is 1. The predicted molar refractivity (Wildman–Crippen MR) is 82.0 cm³/mol. The van der Waals surface area contributed by atoms with E-state index in [1.54, 1.807) is 12.3 Å². The highest BCUT2D eigenvalue weighted by Crippen LogP contribution is 2.23. The molecule has 0 aliphatic heterocycles. The minimum Gasteiger partial charge on any atom is -0.375 e. The number of nitrogens with zero attached hydrogens (tertiary/aromatic N) is 3. The van der Waals surface area contributed by atoms with Crippen LogP contribution in [0.4, 0.5) is 5.69 Å². The number of pyridine rings is 1. The zero-order valence-corrected chi connectivity index (χ0v) is 12.1. The summed E-state index contributed by atoms with van der Waals surface area (Å²) < 4.78 is 2.11. The van der Waals surface area contributed by atoms with Gasteiger partial charge in [0.05, 0.1) is 17.1 Å². The van der Waals surface area contributed by atoms with Crippen molar-refractivity contribution >= 4 is 28.3 Å². The third-order valence-electron chi connectivity index (χ3n) is 3.32. The van der Waals surface area contributed by atoms with Gasteiger partial charge in [-0.05, 0) is 31.2 Å². The van der Waals surface area contributed by atoms with Gasteiger partial charge in [-0.1, -0.05) is 23.7 Å². The van der Waals surface area contributed by atoms with Crippen LogP contribution in [-0.2, 0) is 7.05 Å². The third kappa shape index (κ3) is 2.34. The second kappa shape index (κ2) is 5.13. The second-order valence-corrected chi connectivity index (χ2v) is 5.14. The van der Waals surface area contributed by atoms with E-state index in [0.29, 0.717) is 5.15 Å². The molecule has 0 radical (unpaired) electrons. The maximum atomic E-state index is 5.90. The molecule has 0 amide bonds. The fourth-order valence-electron chi connectivity index (χ4n) is 2.36. The fraction of sp³-hybridized carbons (Fsp3) is 0.200. The molecule has 1 aromatic carbocycles. The Morgan fingerprint density at radius 3 is 2.80 bits per heavy atom. The van der Waals surface area contributed by atoms with E-state index in [2.05, 4.69) is 32.8 Å². The summed E-state index contributed by atoms with van der Waals surface area (Å²) in [4.78, 5) is 8.66. The molecule has 1 N–H and O–H groups in total. The number of anilines is 1. The lowest BCUT2D eigenvalue weighted by Gasteiger charge is -2.15. The Hall–Kier alpha value is -2.07. The van der Waals surface area contributed by atoms with Crippen molar-refractivity contribution in [1.82, 2.24) is 14.5 Å². The van der Waals surface area contributed by atoms with E-state index in [0.717, 1.165) is 22.5 Å². The number of hydrogen-bond acceptors (Lipinski definition) is 3. The molecule has 102 valence electrons. The van der Waals surface area contributed by atoms with Crippen molar-refractivity contribution in [2.45, 2.75) is 13.0 Å². The second-order valence-electron chi connectivity index (χ2n) is 4.75. The first kappa shape index (κ1) is 12.9. The molecule has 4 nitrogen and oxygen atoms in total. The van der Waals surface area contributed by atoms with Crippen molar-refractivity contribution in [3.63, 3.8) is 0 Å². The number of aromatic nitrogens is 3. The Balaban J connectivity index is 1.92. The molecule has 0 aliphatic carbocycles. The van der Waals surface area contributed by atoms with E-state index in [4.69, 9.17) is 11.6 Å². The molecule has 1 atom stereocenters. The molecular weight excluding hydrogens is 272 g/mol. The van der Waals surface area contributed by atoms with Gasteiger partial charge in [0, 0.05) is 18.9 Å². The van der Waals surface area contributed by atoms with Crippen molar-refractivity contribution in [3.8, 4) is 0 Å². The molecule has 0 fully saturated rings. The summed E-state index contributed by atoms with van der Waals surface area (Å²) in [5.41, 5.74) is 3.07. The first-order valence-electron chi connectivity index (χ1n) is 6.44. The molecule has 0 spiro atoms. The zero-order chi connectivity index (χ0) is 14.1. The quantitative estimate of drug-likeness (QED) is 0.745. The van der Waals surface area contributed by atoms with Crippen LogP contribution in [0.2, 0.25) is 5.15 Å². The summed E-state index contributed by atoms with van der Waals surface area (Å²) in [6, 6.07) is 11.9. The maximum Gasteiger partial charge on any atom is 0.131 e. The number of benzene rings is 1. The molecule has 0 saturated heterocycles. The van der Waals surface area contributed by atoms with Crippen LogP contribution >= 0.6 is 11.6 Å². The Bertz CT molecular complexity index is 750. The predicted octanol–water partition coefficient (Wildman–Crippen LogP) is 3.79. The van der Waals surface area contributed by atoms with Crippen molar-refractivity contribution in [2.24, 2.45) is 7.05 Å². The Morgan fingerprint density at radius 2 is 2.05 bits per heavy atom. The normalized spacial score (nSPS) is 12.6. The Morgan fingerprint density at radius 1 is 1.25 bits per heavy atom. The molecule has 2 aromatic heterocycles. The van der Waals surface area contributed by atoms with E-state index >= 15 is 0 Å². The number of halogens is 1. The molecule has 0 aliphatic rings. The molecule has 20 heavy (non-hydrogen) atoms. The van der Waals surface area contributed by atoms with E-state index in [1.807, 2.05) is 31.3 Å². The molecule has 3 rings (SSSR count). The first-order valence-corrected chi connectivity index (χ1v) is 6.82. The molecular formula is C15H15ClN4. The van der Waals surface area contributed by atoms with Crippen molar-refractivity contribution < 1.29 is 0 Å². The van der Waals surface area contributed by atoms with Gasteiger partial charge in [-0.15, -0.1) is 0 Å². The molecule has 0 saturated carbocycles. The number of aryl methyl sites for hydroxylation is 1. The topological polar surface area (TPSA) is 42.7 Å². The number of nitrogens with one attached hydrogen (secondary N) is 1. The van der Waals surface area contributed by atoms with E-state index < -0.39 is 0 Å². The largest absolute Gasteiger partial charge is 0.375 e. The van der Waals surface area contributed by atoms with Crippen LogP contribution in [0.3, 0.4) is 0 Å². The van der Waals surface area contributed by atoms with Crippen LogP contribution < -0.4 is 5.32 Å². The van der Waals surface area contributed by atoms with Gasteiger partial charge in [0.15, 0.2) is 0 Å². The van der Waals surface area contributed by atoms with Crippen LogP contribution in [0, 0.1) is 0 Å². The number of imidazole rings is 1.